The van der Waals surface area contributed by atoms with Crippen LogP contribution in [0.15, 0.2) is 24.5 Å². The first-order valence-electron chi connectivity index (χ1n) is 8.71. The number of methoxy groups -OCH3 is 2. The molecule has 2 aromatic rings. The van der Waals surface area contributed by atoms with Crippen LogP contribution in [0.25, 0.3) is 0 Å². The summed E-state index contributed by atoms with van der Waals surface area (Å²) in [4.78, 5) is 34.6. The molecule has 1 saturated heterocycles. The molecule has 9 nitrogen and oxygen atoms in total. The number of carbonyl (C=O) groups excluding carboxylic acids is 2. The largest absolute Gasteiger partial charge is 0.481 e. The number of likely N-dealkylation sites (tertiary alicyclic amines) is 1. The van der Waals surface area contributed by atoms with Gasteiger partial charge in [0.1, 0.15) is 17.9 Å². The highest BCUT2D eigenvalue weighted by atomic mass is 16.5. The number of amides is 2. The normalized spacial score (nSPS) is 16.8. The summed E-state index contributed by atoms with van der Waals surface area (Å²) in [5.41, 5.74) is 5.69. The third-order valence-corrected chi connectivity index (χ3v) is 4.62. The van der Waals surface area contributed by atoms with Crippen molar-refractivity contribution < 1.29 is 19.1 Å². The van der Waals surface area contributed by atoms with E-state index in [-0.39, 0.29) is 24.2 Å². The fourth-order valence-corrected chi connectivity index (χ4v) is 3.38. The van der Waals surface area contributed by atoms with Gasteiger partial charge >= 0.3 is 0 Å². The number of imidazole rings is 1. The monoisotopic (exact) mass is 373 g/mol. The Bertz CT molecular complexity index is 835. The van der Waals surface area contributed by atoms with Crippen LogP contribution in [-0.4, -0.2) is 58.6 Å². The van der Waals surface area contributed by atoms with E-state index < -0.39 is 5.91 Å². The molecule has 1 aliphatic rings. The van der Waals surface area contributed by atoms with Crippen molar-refractivity contribution in [1.82, 2.24) is 19.4 Å². The van der Waals surface area contributed by atoms with Gasteiger partial charge in [-0.15, -0.1) is 0 Å². The van der Waals surface area contributed by atoms with E-state index in [1.807, 2.05) is 0 Å². The lowest BCUT2D eigenvalue weighted by Gasteiger charge is -2.32. The minimum Gasteiger partial charge on any atom is -0.481 e. The molecule has 0 saturated carbocycles. The molecule has 0 aromatic carbocycles. The van der Waals surface area contributed by atoms with E-state index in [0.717, 1.165) is 18.7 Å². The molecule has 2 aromatic heterocycles. The van der Waals surface area contributed by atoms with E-state index in [4.69, 9.17) is 15.2 Å². The molecule has 0 spiro atoms. The molecule has 1 atom stereocenters. The molecule has 3 heterocycles. The van der Waals surface area contributed by atoms with Gasteiger partial charge in [0.25, 0.3) is 5.91 Å². The van der Waals surface area contributed by atoms with E-state index in [1.54, 1.807) is 34.0 Å². The molecule has 0 bridgehead atoms. The van der Waals surface area contributed by atoms with E-state index in [2.05, 4.69) is 9.97 Å². The zero-order chi connectivity index (χ0) is 19.4. The van der Waals surface area contributed by atoms with Crippen molar-refractivity contribution in [3.63, 3.8) is 0 Å². The number of piperidine rings is 1. The zero-order valence-electron chi connectivity index (χ0n) is 15.4. The molecule has 0 aliphatic carbocycles. The smallest absolute Gasteiger partial charge is 0.259 e. The Balaban J connectivity index is 1.79. The van der Waals surface area contributed by atoms with Gasteiger partial charge in [0, 0.05) is 37.5 Å². The zero-order valence-corrected chi connectivity index (χ0v) is 15.4. The third kappa shape index (κ3) is 4.02. The van der Waals surface area contributed by atoms with Gasteiger partial charge in [-0.3, -0.25) is 9.59 Å². The first kappa shape index (κ1) is 18.7. The van der Waals surface area contributed by atoms with Crippen molar-refractivity contribution >= 4 is 11.8 Å². The third-order valence-electron chi connectivity index (χ3n) is 4.62. The van der Waals surface area contributed by atoms with Gasteiger partial charge in [-0.1, -0.05) is 0 Å². The summed E-state index contributed by atoms with van der Waals surface area (Å²) < 4.78 is 12.1. The van der Waals surface area contributed by atoms with Crippen molar-refractivity contribution in [2.45, 2.75) is 25.3 Å². The molecule has 27 heavy (non-hydrogen) atoms. The van der Waals surface area contributed by atoms with E-state index in [0.29, 0.717) is 24.5 Å². The van der Waals surface area contributed by atoms with Crippen LogP contribution in [0.1, 0.15) is 34.9 Å². The summed E-state index contributed by atoms with van der Waals surface area (Å²) >= 11 is 0. The molecule has 3 rings (SSSR count). The maximum Gasteiger partial charge on any atom is 0.259 e. The number of nitrogens with zero attached hydrogens (tertiary/aromatic N) is 4. The standard InChI is InChI=1S/C18H23N5O4/c1-26-15-6-5-13(17(21-15)27-2)18(25)23-8-3-4-12(10-23)16-20-7-9-22(16)11-14(19)24/h5-7,9,12H,3-4,8,10-11H2,1-2H3,(H2,19,24)/t12-/m0/s1. The Kier molecular flexibility index (Phi) is 5.58. The van der Waals surface area contributed by atoms with Gasteiger partial charge in [0.2, 0.25) is 17.7 Å². The summed E-state index contributed by atoms with van der Waals surface area (Å²) in [6.07, 6.45) is 5.11. The van der Waals surface area contributed by atoms with Crippen LogP contribution in [0.2, 0.25) is 0 Å². The SMILES string of the molecule is COc1ccc(C(=O)N2CCC[C@H](c3nccn3CC(N)=O)C2)c(OC)n1. The van der Waals surface area contributed by atoms with Crippen LogP contribution in [-0.2, 0) is 11.3 Å². The van der Waals surface area contributed by atoms with E-state index in [9.17, 15) is 9.59 Å². The fraction of sp³-hybridized carbons (Fsp3) is 0.444. The Morgan fingerprint density at radius 1 is 1.30 bits per heavy atom. The van der Waals surface area contributed by atoms with Gasteiger partial charge in [-0.25, -0.2) is 4.98 Å². The Hall–Kier alpha value is -3.10. The van der Waals surface area contributed by atoms with Crippen LogP contribution in [0.4, 0.5) is 0 Å². The average molecular weight is 373 g/mol. The van der Waals surface area contributed by atoms with Crippen molar-refractivity contribution in [1.29, 1.82) is 0 Å². The highest BCUT2D eigenvalue weighted by Crippen LogP contribution is 2.28. The number of pyridine rings is 1. The second kappa shape index (κ2) is 8.07. The quantitative estimate of drug-likeness (QED) is 0.801. The van der Waals surface area contributed by atoms with Crippen molar-refractivity contribution in [3.8, 4) is 11.8 Å². The minimum absolute atomic E-state index is 0.0363. The molecule has 144 valence electrons. The average Bonchev–Trinajstić information content (AvgIpc) is 3.14. The number of rotatable bonds is 6. The molecule has 1 aliphatic heterocycles. The minimum atomic E-state index is -0.424. The van der Waals surface area contributed by atoms with Gasteiger partial charge < -0.3 is 24.7 Å². The number of aromatic nitrogens is 3. The van der Waals surface area contributed by atoms with Crippen LogP contribution in [0.5, 0.6) is 11.8 Å². The molecule has 1 fully saturated rings. The van der Waals surface area contributed by atoms with Crippen LogP contribution in [0.3, 0.4) is 0 Å². The van der Waals surface area contributed by atoms with E-state index >= 15 is 0 Å². The first-order valence-corrected chi connectivity index (χ1v) is 8.71. The summed E-state index contributed by atoms with van der Waals surface area (Å²) in [6.45, 7) is 1.22. The second-order valence-electron chi connectivity index (χ2n) is 6.38. The Morgan fingerprint density at radius 2 is 2.11 bits per heavy atom. The molecule has 0 radical (unpaired) electrons. The van der Waals surface area contributed by atoms with Gasteiger partial charge in [0.05, 0.1) is 14.2 Å². The second-order valence-corrected chi connectivity index (χ2v) is 6.38. The Labute approximate surface area is 157 Å². The molecule has 2 amide bonds. The highest BCUT2D eigenvalue weighted by molar-refractivity contribution is 5.96. The maximum absolute atomic E-state index is 13.0. The molecular formula is C18H23N5O4. The summed E-state index contributed by atoms with van der Waals surface area (Å²) in [5.74, 6) is 0.845. The topological polar surface area (TPSA) is 113 Å². The molecular weight excluding hydrogens is 350 g/mol. The number of hydrogen-bond donors (Lipinski definition) is 1. The van der Waals surface area contributed by atoms with Crippen molar-refractivity contribution in [2.24, 2.45) is 5.73 Å². The van der Waals surface area contributed by atoms with Crippen molar-refractivity contribution in [3.05, 3.63) is 35.9 Å². The summed E-state index contributed by atoms with van der Waals surface area (Å²) in [7, 11) is 2.98. The number of carbonyl (C=O) groups is 2. The Morgan fingerprint density at radius 3 is 2.81 bits per heavy atom. The maximum atomic E-state index is 13.0. The summed E-state index contributed by atoms with van der Waals surface area (Å²) in [5, 5.41) is 0. The number of primary amides is 1. The van der Waals surface area contributed by atoms with Gasteiger partial charge in [0.15, 0.2) is 0 Å². The fourth-order valence-electron chi connectivity index (χ4n) is 3.38. The first-order chi connectivity index (χ1) is 13.0. The predicted octanol–water partition coefficient (Wildman–Crippen LogP) is 0.800. The van der Waals surface area contributed by atoms with Crippen LogP contribution < -0.4 is 15.2 Å². The molecule has 0 unspecified atom stereocenters. The van der Waals surface area contributed by atoms with Gasteiger partial charge in [-0.2, -0.15) is 4.98 Å². The lowest BCUT2D eigenvalue weighted by atomic mass is 9.96. The lowest BCUT2D eigenvalue weighted by Crippen LogP contribution is -2.40. The highest BCUT2D eigenvalue weighted by Gasteiger charge is 2.29. The van der Waals surface area contributed by atoms with E-state index in [1.165, 1.54) is 14.2 Å². The lowest BCUT2D eigenvalue weighted by molar-refractivity contribution is -0.118. The number of ether oxygens (including phenoxy) is 2. The number of hydrogen-bond acceptors (Lipinski definition) is 6. The molecule has 2 N–H and O–H groups in total. The van der Waals surface area contributed by atoms with Crippen LogP contribution in [0, 0.1) is 0 Å². The van der Waals surface area contributed by atoms with Crippen LogP contribution >= 0.6 is 0 Å². The predicted molar refractivity (Wildman–Crippen MR) is 96.6 cm³/mol. The van der Waals surface area contributed by atoms with Crippen molar-refractivity contribution in [2.75, 3.05) is 27.3 Å². The summed E-state index contributed by atoms with van der Waals surface area (Å²) in [6, 6.07) is 3.29. The van der Waals surface area contributed by atoms with Gasteiger partial charge in [-0.05, 0) is 18.9 Å². The molecule has 9 heteroatoms. The number of nitrogens with two attached hydrogens (primary N) is 1.